The monoisotopic (exact) mass is 261 g/mol. The lowest BCUT2D eigenvalue weighted by Gasteiger charge is -2.17. The summed E-state index contributed by atoms with van der Waals surface area (Å²) in [5, 5.41) is 22.5. The summed E-state index contributed by atoms with van der Waals surface area (Å²) in [6.45, 7) is 0.291. The number of ether oxygens (including phenoxy) is 2. The van der Waals surface area contributed by atoms with Crippen LogP contribution in [0.4, 0.5) is 0 Å². The number of hydrogen-bond acceptors (Lipinski definition) is 5. The van der Waals surface area contributed by atoms with Crippen molar-refractivity contribution in [1.82, 2.24) is 5.32 Å². The summed E-state index contributed by atoms with van der Waals surface area (Å²) in [5.41, 5.74) is 0.294. The number of hydrogen-bond donors (Lipinski definition) is 3. The molecule has 0 saturated carbocycles. The molecular weight excluding hydrogens is 246 g/mol. The van der Waals surface area contributed by atoms with E-state index in [9.17, 15) is 10.2 Å². The third kappa shape index (κ3) is 2.74. The van der Waals surface area contributed by atoms with Gasteiger partial charge in [0.2, 0.25) is 0 Å². The predicted octanol–water partition coefficient (Wildman–Crippen LogP) is 1.32. The van der Waals surface area contributed by atoms with Crippen molar-refractivity contribution in [3.63, 3.8) is 0 Å². The van der Waals surface area contributed by atoms with Crippen LogP contribution in [0.1, 0.15) is 11.7 Å². The molecule has 0 aliphatic rings. The highest BCUT2D eigenvalue weighted by atomic mass is 35.5. The van der Waals surface area contributed by atoms with Crippen LogP contribution in [0.15, 0.2) is 6.07 Å². The number of aliphatic hydroxyl groups is 1. The lowest BCUT2D eigenvalue weighted by Crippen LogP contribution is -2.17. The number of phenols is 1. The highest BCUT2D eigenvalue weighted by Crippen LogP contribution is 2.45. The maximum atomic E-state index is 9.87. The molecule has 1 rings (SSSR count). The van der Waals surface area contributed by atoms with Gasteiger partial charge < -0.3 is 25.0 Å². The quantitative estimate of drug-likeness (QED) is 0.746. The number of aromatic hydroxyl groups is 1. The molecule has 0 bridgehead atoms. The first-order chi connectivity index (χ1) is 8.06. The average Bonchev–Trinajstić information content (AvgIpc) is 2.32. The van der Waals surface area contributed by atoms with Crippen LogP contribution >= 0.6 is 11.6 Å². The van der Waals surface area contributed by atoms with Crippen LogP contribution in [0.3, 0.4) is 0 Å². The molecule has 0 radical (unpaired) electrons. The zero-order valence-corrected chi connectivity index (χ0v) is 10.7. The minimum atomic E-state index is -0.877. The second-order valence-corrected chi connectivity index (χ2v) is 3.82. The second kappa shape index (κ2) is 5.95. The first-order valence-corrected chi connectivity index (χ1v) is 5.40. The van der Waals surface area contributed by atoms with Crippen molar-refractivity contribution in [2.45, 2.75) is 6.10 Å². The van der Waals surface area contributed by atoms with Crippen molar-refractivity contribution < 1.29 is 19.7 Å². The number of phenolic OH excluding ortho intramolecular Hbond substituents is 1. The summed E-state index contributed by atoms with van der Waals surface area (Å²) in [4.78, 5) is 0. The molecule has 0 aliphatic heterocycles. The fourth-order valence-corrected chi connectivity index (χ4v) is 1.80. The molecule has 0 amide bonds. The van der Waals surface area contributed by atoms with Crippen LogP contribution in [-0.4, -0.2) is 38.0 Å². The Bertz CT molecular complexity index is 398. The standard InChI is InChI=1S/C11H16ClNO4/c1-13-5-7(14)6-4-8(16-2)11(17-3)9(12)10(6)15/h4,7,13-15H,5H2,1-3H3. The van der Waals surface area contributed by atoms with Crippen molar-refractivity contribution >= 4 is 11.6 Å². The zero-order valence-electron chi connectivity index (χ0n) is 9.95. The molecule has 1 aromatic rings. The highest BCUT2D eigenvalue weighted by Gasteiger charge is 2.21. The Kier molecular flexibility index (Phi) is 4.86. The van der Waals surface area contributed by atoms with E-state index in [-0.39, 0.29) is 16.5 Å². The van der Waals surface area contributed by atoms with Gasteiger partial charge in [-0.2, -0.15) is 0 Å². The molecule has 0 aliphatic carbocycles. The normalized spacial score (nSPS) is 12.3. The van der Waals surface area contributed by atoms with E-state index in [1.165, 1.54) is 20.3 Å². The number of methoxy groups -OCH3 is 2. The van der Waals surface area contributed by atoms with Gasteiger partial charge in [-0.15, -0.1) is 0 Å². The van der Waals surface area contributed by atoms with Gasteiger partial charge in [0.1, 0.15) is 10.8 Å². The number of aliphatic hydroxyl groups excluding tert-OH is 1. The zero-order chi connectivity index (χ0) is 13.0. The molecule has 0 saturated heterocycles. The lowest BCUT2D eigenvalue weighted by atomic mass is 10.1. The third-order valence-corrected chi connectivity index (χ3v) is 2.72. The molecule has 1 aromatic carbocycles. The van der Waals surface area contributed by atoms with Crippen LogP contribution in [0, 0.1) is 0 Å². The molecule has 0 fully saturated rings. The van der Waals surface area contributed by atoms with Crippen LogP contribution in [0.2, 0.25) is 5.02 Å². The van der Waals surface area contributed by atoms with Gasteiger partial charge in [0.25, 0.3) is 0 Å². The Labute approximate surface area is 105 Å². The Balaban J connectivity index is 3.28. The van der Waals surface area contributed by atoms with Crippen LogP contribution in [0.25, 0.3) is 0 Å². The van der Waals surface area contributed by atoms with Gasteiger partial charge in [0.05, 0.1) is 20.3 Å². The Hall–Kier alpha value is -1.17. The molecule has 3 N–H and O–H groups in total. The number of likely N-dealkylation sites (N-methyl/N-ethyl adjacent to an activating group) is 1. The Morgan fingerprint density at radius 1 is 1.41 bits per heavy atom. The largest absolute Gasteiger partial charge is 0.506 e. The predicted molar refractivity (Wildman–Crippen MR) is 65.1 cm³/mol. The van der Waals surface area contributed by atoms with E-state index in [4.69, 9.17) is 21.1 Å². The first-order valence-electron chi connectivity index (χ1n) is 5.02. The summed E-state index contributed by atoms with van der Waals surface area (Å²) < 4.78 is 10.1. The minimum Gasteiger partial charge on any atom is -0.506 e. The van der Waals surface area contributed by atoms with Crippen molar-refractivity contribution in [1.29, 1.82) is 0 Å². The van der Waals surface area contributed by atoms with E-state index in [0.717, 1.165) is 0 Å². The van der Waals surface area contributed by atoms with Crippen molar-refractivity contribution in [3.8, 4) is 17.2 Å². The molecule has 0 spiro atoms. The summed E-state index contributed by atoms with van der Waals surface area (Å²) in [5.74, 6) is 0.402. The minimum absolute atomic E-state index is 0.0250. The topological polar surface area (TPSA) is 71.0 Å². The molecule has 1 unspecified atom stereocenters. The van der Waals surface area contributed by atoms with E-state index in [1.807, 2.05) is 0 Å². The lowest BCUT2D eigenvalue weighted by molar-refractivity contribution is 0.173. The molecule has 6 heteroatoms. The summed E-state index contributed by atoms with van der Waals surface area (Å²) in [6, 6.07) is 1.50. The molecule has 0 heterocycles. The molecule has 96 valence electrons. The van der Waals surface area contributed by atoms with E-state index in [1.54, 1.807) is 7.05 Å². The molecule has 17 heavy (non-hydrogen) atoms. The fraction of sp³-hybridized carbons (Fsp3) is 0.455. The van der Waals surface area contributed by atoms with E-state index in [2.05, 4.69) is 5.32 Å². The summed E-state index contributed by atoms with van der Waals surface area (Å²) >= 11 is 5.94. The second-order valence-electron chi connectivity index (χ2n) is 3.44. The van der Waals surface area contributed by atoms with Crippen molar-refractivity contribution in [2.75, 3.05) is 27.8 Å². The van der Waals surface area contributed by atoms with Crippen LogP contribution in [-0.2, 0) is 0 Å². The summed E-state index contributed by atoms with van der Waals surface area (Å²) in [7, 11) is 4.58. The van der Waals surface area contributed by atoms with Gasteiger partial charge in [-0.3, -0.25) is 0 Å². The van der Waals surface area contributed by atoms with Gasteiger partial charge >= 0.3 is 0 Å². The van der Waals surface area contributed by atoms with Gasteiger partial charge in [-0.25, -0.2) is 0 Å². The number of nitrogens with one attached hydrogen (secondary N) is 1. The van der Waals surface area contributed by atoms with Gasteiger partial charge in [0.15, 0.2) is 11.5 Å². The SMILES string of the molecule is CNCC(O)c1cc(OC)c(OC)c(Cl)c1O. The van der Waals surface area contributed by atoms with Crippen molar-refractivity contribution in [3.05, 3.63) is 16.7 Å². The van der Waals surface area contributed by atoms with Gasteiger partial charge in [-0.05, 0) is 13.1 Å². The molecule has 1 atom stereocenters. The Morgan fingerprint density at radius 2 is 2.06 bits per heavy atom. The number of halogens is 1. The average molecular weight is 262 g/mol. The van der Waals surface area contributed by atoms with E-state index >= 15 is 0 Å². The van der Waals surface area contributed by atoms with E-state index in [0.29, 0.717) is 17.9 Å². The first kappa shape index (κ1) is 13.9. The van der Waals surface area contributed by atoms with Crippen LogP contribution < -0.4 is 14.8 Å². The Morgan fingerprint density at radius 3 is 2.53 bits per heavy atom. The van der Waals surface area contributed by atoms with E-state index < -0.39 is 6.10 Å². The summed E-state index contributed by atoms with van der Waals surface area (Å²) in [6.07, 6.45) is -0.877. The van der Waals surface area contributed by atoms with Gasteiger partial charge in [0, 0.05) is 12.1 Å². The molecular formula is C11H16ClNO4. The third-order valence-electron chi connectivity index (χ3n) is 2.37. The van der Waals surface area contributed by atoms with Crippen molar-refractivity contribution in [2.24, 2.45) is 0 Å². The number of benzene rings is 1. The van der Waals surface area contributed by atoms with Crippen LogP contribution in [0.5, 0.6) is 17.2 Å². The maximum absolute atomic E-state index is 9.87. The molecule has 0 aromatic heterocycles. The smallest absolute Gasteiger partial charge is 0.183 e. The highest BCUT2D eigenvalue weighted by molar-refractivity contribution is 6.33. The fourth-order valence-electron chi connectivity index (χ4n) is 1.52. The maximum Gasteiger partial charge on any atom is 0.183 e. The van der Waals surface area contributed by atoms with Gasteiger partial charge in [-0.1, -0.05) is 11.6 Å². The number of rotatable bonds is 5. The molecule has 5 nitrogen and oxygen atoms in total.